The fourth-order valence-electron chi connectivity index (χ4n) is 2.69. The van der Waals surface area contributed by atoms with Crippen molar-refractivity contribution >= 4 is 11.6 Å². The highest BCUT2D eigenvalue weighted by molar-refractivity contribution is 5.94. The molecule has 2 N–H and O–H groups in total. The topological polar surface area (TPSA) is 55.6 Å². The summed E-state index contributed by atoms with van der Waals surface area (Å²) in [5, 5.41) is 0. The maximum absolute atomic E-state index is 13.4. The molecule has 1 aliphatic carbocycles. The number of ether oxygens (including phenoxy) is 1. The summed E-state index contributed by atoms with van der Waals surface area (Å²) in [5.41, 5.74) is 5.79. The van der Waals surface area contributed by atoms with Gasteiger partial charge in [-0.15, -0.1) is 0 Å². The van der Waals surface area contributed by atoms with E-state index in [0.717, 1.165) is 19.3 Å². The lowest BCUT2D eigenvalue weighted by molar-refractivity contribution is -0.131. The van der Waals surface area contributed by atoms with Gasteiger partial charge < -0.3 is 15.4 Å². The van der Waals surface area contributed by atoms with Gasteiger partial charge in [0.05, 0.1) is 12.0 Å². The third-order valence-corrected chi connectivity index (χ3v) is 4.18. The predicted molar refractivity (Wildman–Crippen MR) is 80.6 cm³/mol. The molecule has 0 bridgehead atoms. The van der Waals surface area contributed by atoms with Crippen molar-refractivity contribution in [3.05, 3.63) is 30.1 Å². The lowest BCUT2D eigenvalue weighted by atomic mass is 9.77. The number of nitrogens with zero attached hydrogens (tertiary/aromatic N) is 1. The Morgan fingerprint density at radius 3 is 2.76 bits per heavy atom. The van der Waals surface area contributed by atoms with E-state index in [2.05, 4.69) is 0 Å². The second kappa shape index (κ2) is 7.00. The maximum atomic E-state index is 13.4. The van der Waals surface area contributed by atoms with Crippen LogP contribution in [0.2, 0.25) is 0 Å². The standard InChI is InChI=1S/C16H23FN2O2/c1-21-16(7-3-8-16)12-15(20)19(10-4-9-18)14-6-2-5-13(17)11-14/h2,5-6,11H,3-4,7-10,12,18H2,1H3. The van der Waals surface area contributed by atoms with Gasteiger partial charge >= 0.3 is 0 Å². The first-order valence-electron chi connectivity index (χ1n) is 7.41. The van der Waals surface area contributed by atoms with Crippen LogP contribution in [0.4, 0.5) is 10.1 Å². The number of halogens is 1. The number of nitrogens with two attached hydrogens (primary N) is 1. The van der Waals surface area contributed by atoms with E-state index < -0.39 is 0 Å². The summed E-state index contributed by atoms with van der Waals surface area (Å²) in [5.74, 6) is -0.376. The summed E-state index contributed by atoms with van der Waals surface area (Å²) in [4.78, 5) is 14.2. The largest absolute Gasteiger partial charge is 0.378 e. The Bertz CT molecular complexity index is 483. The second-order valence-electron chi connectivity index (χ2n) is 5.58. The van der Waals surface area contributed by atoms with Crippen molar-refractivity contribution in [3.63, 3.8) is 0 Å². The van der Waals surface area contributed by atoms with Crippen molar-refractivity contribution in [2.24, 2.45) is 5.73 Å². The van der Waals surface area contributed by atoms with E-state index >= 15 is 0 Å². The number of amides is 1. The Kier molecular flexibility index (Phi) is 5.31. The fourth-order valence-corrected chi connectivity index (χ4v) is 2.69. The molecule has 1 aliphatic rings. The van der Waals surface area contributed by atoms with Crippen molar-refractivity contribution in [1.82, 2.24) is 0 Å². The van der Waals surface area contributed by atoms with Gasteiger partial charge in [-0.05, 0) is 50.4 Å². The minimum Gasteiger partial charge on any atom is -0.378 e. The average Bonchev–Trinajstić information content (AvgIpc) is 2.43. The van der Waals surface area contributed by atoms with Crippen molar-refractivity contribution in [3.8, 4) is 0 Å². The first-order chi connectivity index (χ1) is 10.1. The van der Waals surface area contributed by atoms with Gasteiger partial charge in [0, 0.05) is 19.3 Å². The van der Waals surface area contributed by atoms with Crippen LogP contribution in [0, 0.1) is 5.82 Å². The van der Waals surface area contributed by atoms with E-state index in [9.17, 15) is 9.18 Å². The molecule has 116 valence electrons. The summed E-state index contributed by atoms with van der Waals surface area (Å²) in [6.07, 6.45) is 3.92. The van der Waals surface area contributed by atoms with Crippen LogP contribution in [0.15, 0.2) is 24.3 Å². The predicted octanol–water partition coefficient (Wildman–Crippen LogP) is 2.47. The zero-order chi connectivity index (χ0) is 15.3. The van der Waals surface area contributed by atoms with Crippen molar-refractivity contribution < 1.29 is 13.9 Å². The molecule has 1 aromatic rings. The molecule has 0 heterocycles. The van der Waals surface area contributed by atoms with Gasteiger partial charge in [-0.2, -0.15) is 0 Å². The molecule has 4 nitrogen and oxygen atoms in total. The minimum atomic E-state index is -0.344. The van der Waals surface area contributed by atoms with Crippen LogP contribution >= 0.6 is 0 Å². The fraction of sp³-hybridized carbons (Fsp3) is 0.562. The van der Waals surface area contributed by atoms with Crippen LogP contribution in [0.1, 0.15) is 32.1 Å². The molecule has 0 radical (unpaired) electrons. The number of carbonyl (C=O) groups is 1. The summed E-state index contributed by atoms with van der Waals surface area (Å²) >= 11 is 0. The van der Waals surface area contributed by atoms with Crippen LogP contribution in [-0.2, 0) is 9.53 Å². The molecular formula is C16H23FN2O2. The van der Waals surface area contributed by atoms with E-state index in [-0.39, 0.29) is 17.3 Å². The smallest absolute Gasteiger partial charge is 0.229 e. The molecule has 0 spiro atoms. The minimum absolute atomic E-state index is 0.0319. The van der Waals surface area contributed by atoms with Crippen molar-refractivity contribution in [1.29, 1.82) is 0 Å². The SMILES string of the molecule is COC1(CC(=O)N(CCCN)c2cccc(F)c2)CCC1. The summed E-state index contributed by atoms with van der Waals surface area (Å²) < 4.78 is 18.9. The quantitative estimate of drug-likeness (QED) is 0.840. The summed E-state index contributed by atoms with van der Waals surface area (Å²) in [6, 6.07) is 6.12. The van der Waals surface area contributed by atoms with Gasteiger partial charge in [-0.3, -0.25) is 4.79 Å². The van der Waals surface area contributed by atoms with Gasteiger partial charge in [-0.25, -0.2) is 4.39 Å². The van der Waals surface area contributed by atoms with Crippen LogP contribution in [0.3, 0.4) is 0 Å². The molecule has 0 saturated heterocycles. The zero-order valence-corrected chi connectivity index (χ0v) is 12.5. The van der Waals surface area contributed by atoms with Gasteiger partial charge in [0.15, 0.2) is 0 Å². The number of hydrogen-bond donors (Lipinski definition) is 1. The highest BCUT2D eigenvalue weighted by atomic mass is 19.1. The third kappa shape index (κ3) is 3.80. The van der Waals surface area contributed by atoms with Crippen molar-refractivity contribution in [2.45, 2.75) is 37.7 Å². The normalized spacial score (nSPS) is 16.3. The van der Waals surface area contributed by atoms with Crippen LogP contribution in [0.5, 0.6) is 0 Å². The Balaban J connectivity index is 2.13. The molecule has 0 aliphatic heterocycles. The van der Waals surface area contributed by atoms with E-state index in [1.807, 2.05) is 0 Å². The third-order valence-electron chi connectivity index (χ3n) is 4.18. The summed E-state index contributed by atoms with van der Waals surface area (Å²) in [6.45, 7) is 0.993. The second-order valence-corrected chi connectivity index (χ2v) is 5.58. The van der Waals surface area contributed by atoms with Crippen LogP contribution in [-0.4, -0.2) is 31.7 Å². The Hall–Kier alpha value is -1.46. The molecule has 21 heavy (non-hydrogen) atoms. The van der Waals surface area contributed by atoms with Gasteiger partial charge in [-0.1, -0.05) is 6.07 Å². The Morgan fingerprint density at radius 2 is 2.24 bits per heavy atom. The molecule has 2 rings (SSSR count). The zero-order valence-electron chi connectivity index (χ0n) is 12.5. The molecule has 0 atom stereocenters. The first-order valence-corrected chi connectivity index (χ1v) is 7.41. The monoisotopic (exact) mass is 294 g/mol. The molecule has 1 fully saturated rings. The van der Waals surface area contributed by atoms with Crippen LogP contribution < -0.4 is 10.6 Å². The number of rotatable bonds is 7. The number of methoxy groups -OCH3 is 1. The van der Waals surface area contributed by atoms with Crippen molar-refractivity contribution in [2.75, 3.05) is 25.1 Å². The van der Waals surface area contributed by atoms with E-state index in [4.69, 9.17) is 10.5 Å². The Morgan fingerprint density at radius 1 is 1.48 bits per heavy atom. The van der Waals surface area contributed by atoms with Crippen LogP contribution in [0.25, 0.3) is 0 Å². The molecule has 0 aromatic heterocycles. The molecule has 0 unspecified atom stereocenters. The van der Waals surface area contributed by atoms with E-state index in [0.29, 0.717) is 31.6 Å². The number of hydrogen-bond acceptors (Lipinski definition) is 3. The lowest BCUT2D eigenvalue weighted by Gasteiger charge is -2.41. The maximum Gasteiger partial charge on any atom is 0.229 e. The van der Waals surface area contributed by atoms with E-state index in [1.54, 1.807) is 24.1 Å². The highest BCUT2D eigenvalue weighted by Crippen LogP contribution is 2.38. The van der Waals surface area contributed by atoms with Gasteiger partial charge in [0.2, 0.25) is 5.91 Å². The molecule has 1 aromatic carbocycles. The molecule has 5 heteroatoms. The lowest BCUT2D eigenvalue weighted by Crippen LogP contribution is -2.45. The number of benzene rings is 1. The average molecular weight is 294 g/mol. The Labute approximate surface area is 125 Å². The number of carbonyl (C=O) groups excluding carboxylic acids is 1. The van der Waals surface area contributed by atoms with E-state index in [1.165, 1.54) is 12.1 Å². The molecular weight excluding hydrogens is 271 g/mol. The number of anilines is 1. The first kappa shape index (κ1) is 15.9. The summed E-state index contributed by atoms with van der Waals surface area (Å²) in [7, 11) is 1.65. The highest BCUT2D eigenvalue weighted by Gasteiger charge is 2.40. The van der Waals surface area contributed by atoms with Gasteiger partial charge in [0.25, 0.3) is 0 Å². The van der Waals surface area contributed by atoms with Gasteiger partial charge in [0.1, 0.15) is 5.82 Å². The molecule has 1 amide bonds. The molecule has 1 saturated carbocycles.